The second-order valence-electron chi connectivity index (χ2n) is 2.06. The first-order valence-electron chi connectivity index (χ1n) is 3.23. The van der Waals surface area contributed by atoms with Gasteiger partial charge in [-0.1, -0.05) is 6.58 Å². The van der Waals surface area contributed by atoms with Crippen molar-refractivity contribution in [3.8, 4) is 0 Å². The van der Waals surface area contributed by atoms with Crippen LogP contribution in [0.4, 0.5) is 0 Å². The molecule has 0 saturated carbocycles. The van der Waals surface area contributed by atoms with Crippen LogP contribution >= 0.6 is 0 Å². The molecular formula is C7H10N2O3. The van der Waals surface area contributed by atoms with E-state index >= 15 is 0 Å². The Hall–Kier alpha value is -1.65. The van der Waals surface area contributed by atoms with Gasteiger partial charge in [-0.2, -0.15) is 5.01 Å². The maximum atomic E-state index is 10.9. The van der Waals surface area contributed by atoms with Crippen LogP contribution in [0.3, 0.4) is 0 Å². The van der Waals surface area contributed by atoms with Crippen LogP contribution in [-0.4, -0.2) is 22.7 Å². The number of carbonyl (C=O) groups is 3. The van der Waals surface area contributed by atoms with E-state index in [0.29, 0.717) is 5.01 Å². The molecule has 0 fully saturated rings. The average molecular weight is 170 g/mol. The summed E-state index contributed by atoms with van der Waals surface area (Å²) < 4.78 is 0. The number of amides is 3. The molecule has 3 amide bonds. The highest BCUT2D eigenvalue weighted by atomic mass is 16.2. The lowest BCUT2D eigenvalue weighted by molar-refractivity contribution is -0.149. The summed E-state index contributed by atoms with van der Waals surface area (Å²) in [6.07, 6.45) is 0.942. The maximum Gasteiger partial charge on any atom is 0.271 e. The molecule has 0 aromatic rings. The highest BCUT2D eigenvalue weighted by Crippen LogP contribution is 1.86. The van der Waals surface area contributed by atoms with Crippen molar-refractivity contribution in [1.29, 1.82) is 0 Å². The predicted molar refractivity (Wildman–Crippen MR) is 41.5 cm³/mol. The third kappa shape index (κ3) is 2.96. The molecule has 0 aliphatic carbocycles. The minimum Gasteiger partial charge on any atom is -0.274 e. The van der Waals surface area contributed by atoms with E-state index in [2.05, 4.69) is 12.0 Å². The highest BCUT2D eigenvalue weighted by Gasteiger charge is 2.15. The molecule has 0 atom stereocenters. The zero-order valence-corrected chi connectivity index (χ0v) is 6.96. The summed E-state index contributed by atoms with van der Waals surface area (Å²) in [5.41, 5.74) is 2.05. The monoisotopic (exact) mass is 170 g/mol. The van der Waals surface area contributed by atoms with Gasteiger partial charge in [0, 0.05) is 13.8 Å². The largest absolute Gasteiger partial charge is 0.274 e. The lowest BCUT2D eigenvalue weighted by atomic mass is 10.5. The van der Waals surface area contributed by atoms with E-state index in [0.717, 1.165) is 13.0 Å². The van der Waals surface area contributed by atoms with Crippen molar-refractivity contribution in [3.63, 3.8) is 0 Å². The molecule has 66 valence electrons. The van der Waals surface area contributed by atoms with Gasteiger partial charge < -0.3 is 0 Å². The number of hydrogen-bond acceptors (Lipinski definition) is 3. The Bertz CT molecular complexity index is 235. The highest BCUT2D eigenvalue weighted by molar-refractivity contribution is 6.01. The standard InChI is InChI=1S/C7H10N2O3/c1-4-7(12)9(6(3)11)8-5(2)10/h4H,1H2,2-3H3,(H,8,10). The number of hydrogen-bond donors (Lipinski definition) is 1. The Labute approximate surface area is 70.0 Å². The molecule has 0 radical (unpaired) electrons. The van der Waals surface area contributed by atoms with Crippen LogP contribution in [0.1, 0.15) is 13.8 Å². The average Bonchev–Trinajstić information content (AvgIpc) is 1.98. The van der Waals surface area contributed by atoms with E-state index in [9.17, 15) is 14.4 Å². The number of imide groups is 1. The zero-order valence-electron chi connectivity index (χ0n) is 6.96. The first-order valence-corrected chi connectivity index (χ1v) is 3.23. The van der Waals surface area contributed by atoms with Crippen LogP contribution < -0.4 is 5.43 Å². The quantitative estimate of drug-likeness (QED) is 0.430. The van der Waals surface area contributed by atoms with Gasteiger partial charge in [-0.15, -0.1) is 0 Å². The molecule has 5 heteroatoms. The predicted octanol–water partition coefficient (Wildman–Crippen LogP) is -0.401. The lowest BCUT2D eigenvalue weighted by Crippen LogP contribution is -2.47. The van der Waals surface area contributed by atoms with Crippen LogP contribution in [0.15, 0.2) is 12.7 Å². The number of nitrogens with zero attached hydrogens (tertiary/aromatic N) is 1. The Morgan fingerprint density at radius 2 is 1.83 bits per heavy atom. The molecule has 0 aromatic heterocycles. The van der Waals surface area contributed by atoms with Gasteiger partial charge in [0.1, 0.15) is 0 Å². The van der Waals surface area contributed by atoms with Crippen molar-refractivity contribution in [2.45, 2.75) is 13.8 Å². The van der Waals surface area contributed by atoms with Crippen molar-refractivity contribution >= 4 is 17.7 Å². The molecule has 0 bridgehead atoms. The minimum absolute atomic E-state index is 0.486. The van der Waals surface area contributed by atoms with Crippen molar-refractivity contribution < 1.29 is 14.4 Å². The topological polar surface area (TPSA) is 66.5 Å². The molecule has 0 spiro atoms. The molecule has 0 aliphatic heterocycles. The summed E-state index contributed by atoms with van der Waals surface area (Å²) in [5, 5.41) is 0.593. The maximum absolute atomic E-state index is 10.9. The second kappa shape index (κ2) is 4.27. The van der Waals surface area contributed by atoms with E-state index in [1.165, 1.54) is 6.92 Å². The van der Waals surface area contributed by atoms with Crippen LogP contribution in [0.5, 0.6) is 0 Å². The Morgan fingerprint density at radius 3 is 2.08 bits per heavy atom. The summed E-state index contributed by atoms with van der Waals surface area (Å²) in [7, 11) is 0. The van der Waals surface area contributed by atoms with Gasteiger partial charge in [0.2, 0.25) is 11.8 Å². The first-order chi connectivity index (χ1) is 5.49. The molecule has 0 aromatic carbocycles. The molecule has 0 heterocycles. The Balaban J connectivity index is 4.43. The molecular weight excluding hydrogens is 160 g/mol. The van der Waals surface area contributed by atoms with Gasteiger partial charge in [0.25, 0.3) is 5.91 Å². The fraction of sp³-hybridized carbons (Fsp3) is 0.286. The van der Waals surface area contributed by atoms with Crippen molar-refractivity contribution in [2.75, 3.05) is 0 Å². The number of rotatable bonds is 1. The molecule has 1 N–H and O–H groups in total. The van der Waals surface area contributed by atoms with Gasteiger partial charge in [0.05, 0.1) is 0 Å². The Morgan fingerprint density at radius 1 is 1.33 bits per heavy atom. The SMILES string of the molecule is C=CC(=O)N(NC(C)=O)C(C)=O. The molecule has 0 unspecified atom stereocenters. The summed E-state index contributed by atoms with van der Waals surface area (Å²) in [6.45, 7) is 5.54. The molecule has 12 heavy (non-hydrogen) atoms. The summed E-state index contributed by atoms with van der Waals surface area (Å²) in [4.78, 5) is 32.1. The summed E-state index contributed by atoms with van der Waals surface area (Å²) >= 11 is 0. The van der Waals surface area contributed by atoms with E-state index in [1.54, 1.807) is 0 Å². The van der Waals surface area contributed by atoms with E-state index in [-0.39, 0.29) is 0 Å². The Kier molecular flexibility index (Phi) is 3.69. The van der Waals surface area contributed by atoms with Gasteiger partial charge in [-0.25, -0.2) is 0 Å². The normalized spacial score (nSPS) is 8.50. The van der Waals surface area contributed by atoms with Crippen molar-refractivity contribution in [3.05, 3.63) is 12.7 Å². The van der Waals surface area contributed by atoms with Gasteiger partial charge in [-0.05, 0) is 6.08 Å². The van der Waals surface area contributed by atoms with E-state index < -0.39 is 17.7 Å². The molecule has 5 nitrogen and oxygen atoms in total. The molecule has 0 rings (SSSR count). The third-order valence-electron chi connectivity index (χ3n) is 0.979. The van der Waals surface area contributed by atoms with Gasteiger partial charge >= 0.3 is 0 Å². The van der Waals surface area contributed by atoms with Crippen molar-refractivity contribution in [2.24, 2.45) is 0 Å². The first kappa shape index (κ1) is 10.3. The molecule has 0 aliphatic rings. The fourth-order valence-corrected chi connectivity index (χ4v) is 0.538. The van der Waals surface area contributed by atoms with Crippen LogP contribution in [0, 0.1) is 0 Å². The number of carbonyl (C=O) groups excluding carboxylic acids is 3. The number of hydrazine groups is 1. The van der Waals surface area contributed by atoms with Crippen LogP contribution in [0.25, 0.3) is 0 Å². The zero-order chi connectivity index (χ0) is 9.72. The van der Waals surface area contributed by atoms with Gasteiger partial charge in [-0.3, -0.25) is 19.8 Å². The summed E-state index contributed by atoms with van der Waals surface area (Å²) in [5.74, 6) is -1.70. The van der Waals surface area contributed by atoms with Crippen molar-refractivity contribution in [1.82, 2.24) is 10.4 Å². The smallest absolute Gasteiger partial charge is 0.271 e. The summed E-state index contributed by atoms with van der Waals surface area (Å²) in [6, 6.07) is 0. The van der Waals surface area contributed by atoms with Crippen LogP contribution in [-0.2, 0) is 14.4 Å². The molecule has 0 saturated heterocycles. The fourth-order valence-electron chi connectivity index (χ4n) is 0.538. The van der Waals surface area contributed by atoms with Crippen LogP contribution in [0.2, 0.25) is 0 Å². The number of nitrogens with one attached hydrogen (secondary N) is 1. The van der Waals surface area contributed by atoms with E-state index in [4.69, 9.17) is 0 Å². The van der Waals surface area contributed by atoms with E-state index in [1.807, 2.05) is 0 Å². The van der Waals surface area contributed by atoms with Gasteiger partial charge in [0.15, 0.2) is 0 Å². The second-order valence-corrected chi connectivity index (χ2v) is 2.06. The minimum atomic E-state index is -0.655. The third-order valence-corrected chi connectivity index (χ3v) is 0.979. The lowest BCUT2D eigenvalue weighted by Gasteiger charge is -2.16.